The SMILES string of the molecule is CCCn1c(=O)[nH]c(=O)c2nc(F)cc(C)c21. The number of hydrogen-bond donors (Lipinski definition) is 1. The molecule has 0 unspecified atom stereocenters. The molecule has 0 bridgehead atoms. The Morgan fingerprint density at radius 1 is 1.47 bits per heavy atom. The summed E-state index contributed by atoms with van der Waals surface area (Å²) in [6, 6.07) is 1.22. The van der Waals surface area contributed by atoms with Gasteiger partial charge in [0, 0.05) is 6.54 Å². The average molecular weight is 237 g/mol. The van der Waals surface area contributed by atoms with Gasteiger partial charge in [0.1, 0.15) is 0 Å². The second-order valence-corrected chi connectivity index (χ2v) is 3.87. The Hall–Kier alpha value is -1.98. The average Bonchev–Trinajstić information content (AvgIpc) is 2.24. The molecule has 0 aromatic carbocycles. The van der Waals surface area contributed by atoms with Gasteiger partial charge < -0.3 is 0 Å². The molecule has 0 fully saturated rings. The van der Waals surface area contributed by atoms with Gasteiger partial charge in [-0.15, -0.1) is 0 Å². The highest BCUT2D eigenvalue weighted by atomic mass is 19.1. The Kier molecular flexibility index (Phi) is 2.79. The normalized spacial score (nSPS) is 11.0. The number of halogens is 1. The molecule has 2 aromatic rings. The van der Waals surface area contributed by atoms with Gasteiger partial charge in [-0.3, -0.25) is 14.3 Å². The van der Waals surface area contributed by atoms with Gasteiger partial charge in [-0.25, -0.2) is 9.78 Å². The van der Waals surface area contributed by atoms with Gasteiger partial charge in [0.05, 0.1) is 5.52 Å². The van der Waals surface area contributed by atoms with E-state index in [0.717, 1.165) is 6.42 Å². The summed E-state index contributed by atoms with van der Waals surface area (Å²) in [6.45, 7) is 4.02. The molecule has 0 saturated carbocycles. The molecule has 1 N–H and O–H groups in total. The number of nitrogens with zero attached hydrogens (tertiary/aromatic N) is 2. The zero-order chi connectivity index (χ0) is 12.6. The highest BCUT2D eigenvalue weighted by Crippen LogP contribution is 2.12. The maximum atomic E-state index is 13.1. The third kappa shape index (κ3) is 1.86. The van der Waals surface area contributed by atoms with E-state index >= 15 is 0 Å². The molecule has 0 aliphatic carbocycles. The number of nitrogens with one attached hydrogen (secondary N) is 1. The Labute approximate surface area is 95.9 Å². The zero-order valence-electron chi connectivity index (χ0n) is 9.58. The number of hydrogen-bond acceptors (Lipinski definition) is 3. The van der Waals surface area contributed by atoms with Gasteiger partial charge in [0.2, 0.25) is 5.95 Å². The number of fused-ring (bicyclic) bond motifs is 1. The molecule has 0 radical (unpaired) electrons. The van der Waals surface area contributed by atoms with Crippen molar-refractivity contribution in [2.45, 2.75) is 26.8 Å². The van der Waals surface area contributed by atoms with Crippen molar-refractivity contribution in [2.24, 2.45) is 0 Å². The molecule has 17 heavy (non-hydrogen) atoms. The first-order chi connectivity index (χ1) is 8.04. The molecule has 0 aliphatic rings. The molecule has 5 nitrogen and oxygen atoms in total. The summed E-state index contributed by atoms with van der Waals surface area (Å²) in [5.41, 5.74) is -0.234. The quantitative estimate of drug-likeness (QED) is 0.790. The van der Waals surface area contributed by atoms with Crippen LogP contribution >= 0.6 is 0 Å². The van der Waals surface area contributed by atoms with Crippen molar-refractivity contribution in [1.29, 1.82) is 0 Å². The lowest BCUT2D eigenvalue weighted by Crippen LogP contribution is -2.31. The number of H-pyrrole nitrogens is 1. The van der Waals surface area contributed by atoms with E-state index in [1.165, 1.54) is 10.6 Å². The molecule has 90 valence electrons. The van der Waals surface area contributed by atoms with E-state index in [1.807, 2.05) is 6.92 Å². The summed E-state index contributed by atoms with van der Waals surface area (Å²) in [6.07, 6.45) is 0.734. The summed E-state index contributed by atoms with van der Waals surface area (Å²) in [4.78, 5) is 28.9. The first-order valence-corrected chi connectivity index (χ1v) is 5.34. The molecule has 2 rings (SSSR count). The number of rotatable bonds is 2. The fourth-order valence-corrected chi connectivity index (χ4v) is 1.89. The molecule has 0 saturated heterocycles. The lowest BCUT2D eigenvalue weighted by Gasteiger charge is -2.09. The van der Waals surface area contributed by atoms with Crippen LogP contribution in [0.3, 0.4) is 0 Å². The van der Waals surface area contributed by atoms with E-state index in [0.29, 0.717) is 17.6 Å². The minimum absolute atomic E-state index is 0.0319. The third-order valence-corrected chi connectivity index (χ3v) is 2.55. The lowest BCUT2D eigenvalue weighted by molar-refractivity contribution is 0.584. The van der Waals surface area contributed by atoms with E-state index in [4.69, 9.17) is 0 Å². The monoisotopic (exact) mass is 237 g/mol. The highest BCUT2D eigenvalue weighted by molar-refractivity contribution is 5.76. The van der Waals surface area contributed by atoms with Crippen molar-refractivity contribution >= 4 is 11.0 Å². The van der Waals surface area contributed by atoms with E-state index in [1.54, 1.807) is 6.92 Å². The number of pyridine rings is 1. The van der Waals surface area contributed by atoms with E-state index in [-0.39, 0.29) is 5.52 Å². The summed E-state index contributed by atoms with van der Waals surface area (Å²) in [5, 5.41) is 0. The van der Waals surface area contributed by atoms with Crippen LogP contribution in [0.1, 0.15) is 18.9 Å². The Morgan fingerprint density at radius 3 is 2.82 bits per heavy atom. The zero-order valence-corrected chi connectivity index (χ0v) is 9.58. The van der Waals surface area contributed by atoms with Crippen LogP contribution < -0.4 is 11.2 Å². The fraction of sp³-hybridized carbons (Fsp3) is 0.364. The van der Waals surface area contributed by atoms with Crippen LogP contribution in [0.5, 0.6) is 0 Å². The van der Waals surface area contributed by atoms with Crippen LogP contribution in [-0.4, -0.2) is 14.5 Å². The molecular weight excluding hydrogens is 225 g/mol. The van der Waals surface area contributed by atoms with Gasteiger partial charge >= 0.3 is 5.69 Å². The van der Waals surface area contributed by atoms with Gasteiger partial charge in [-0.2, -0.15) is 4.39 Å². The summed E-state index contributed by atoms with van der Waals surface area (Å²) in [5.74, 6) is -0.720. The molecule has 6 heteroatoms. The summed E-state index contributed by atoms with van der Waals surface area (Å²) in [7, 11) is 0. The van der Waals surface area contributed by atoms with Gasteiger partial charge in [0.15, 0.2) is 5.52 Å². The first-order valence-electron chi connectivity index (χ1n) is 5.34. The predicted octanol–water partition coefficient (Wildman–Crippen LogP) is 0.942. The molecule has 0 spiro atoms. The minimum Gasteiger partial charge on any atom is -0.291 e. The predicted molar refractivity (Wildman–Crippen MR) is 61.6 cm³/mol. The first kappa shape index (κ1) is 11.5. The van der Waals surface area contributed by atoms with Crippen molar-refractivity contribution in [1.82, 2.24) is 14.5 Å². The highest BCUT2D eigenvalue weighted by Gasteiger charge is 2.12. The Morgan fingerprint density at radius 2 is 2.18 bits per heavy atom. The van der Waals surface area contributed by atoms with Gasteiger partial charge in [-0.1, -0.05) is 6.92 Å². The molecule has 2 aromatic heterocycles. The van der Waals surface area contributed by atoms with Crippen LogP contribution in [0.4, 0.5) is 4.39 Å². The van der Waals surface area contributed by atoms with Crippen LogP contribution in [0.2, 0.25) is 0 Å². The Bertz CT molecular complexity index is 687. The number of aromatic nitrogens is 3. The van der Waals surface area contributed by atoms with Gasteiger partial charge in [-0.05, 0) is 25.0 Å². The maximum Gasteiger partial charge on any atom is 0.328 e. The lowest BCUT2D eigenvalue weighted by atomic mass is 10.2. The van der Waals surface area contributed by atoms with Crippen LogP contribution in [-0.2, 0) is 6.54 Å². The minimum atomic E-state index is -0.720. The largest absolute Gasteiger partial charge is 0.328 e. The number of aryl methyl sites for hydroxylation is 2. The van der Waals surface area contributed by atoms with Crippen molar-refractivity contribution in [2.75, 3.05) is 0 Å². The molecular formula is C11H12FN3O2. The van der Waals surface area contributed by atoms with Crippen molar-refractivity contribution in [3.8, 4) is 0 Å². The topological polar surface area (TPSA) is 67.8 Å². The maximum absolute atomic E-state index is 13.1. The van der Waals surface area contributed by atoms with E-state index < -0.39 is 17.2 Å². The third-order valence-electron chi connectivity index (χ3n) is 2.55. The second-order valence-electron chi connectivity index (χ2n) is 3.87. The molecule has 2 heterocycles. The molecule has 0 atom stereocenters. The smallest absolute Gasteiger partial charge is 0.291 e. The molecule has 0 aliphatic heterocycles. The Balaban J connectivity index is 3.00. The van der Waals surface area contributed by atoms with Crippen LogP contribution in [0.15, 0.2) is 15.7 Å². The van der Waals surface area contributed by atoms with E-state index in [9.17, 15) is 14.0 Å². The van der Waals surface area contributed by atoms with Gasteiger partial charge in [0.25, 0.3) is 5.56 Å². The van der Waals surface area contributed by atoms with Crippen molar-refractivity contribution in [3.63, 3.8) is 0 Å². The number of aromatic amines is 1. The van der Waals surface area contributed by atoms with Crippen LogP contribution in [0, 0.1) is 12.9 Å². The van der Waals surface area contributed by atoms with Crippen LogP contribution in [0.25, 0.3) is 11.0 Å². The summed E-state index contributed by atoms with van der Waals surface area (Å²) >= 11 is 0. The van der Waals surface area contributed by atoms with E-state index in [2.05, 4.69) is 9.97 Å². The molecule has 0 amide bonds. The summed E-state index contributed by atoms with van der Waals surface area (Å²) < 4.78 is 14.6. The second kappa shape index (κ2) is 4.12. The fourth-order valence-electron chi connectivity index (χ4n) is 1.89. The van der Waals surface area contributed by atoms with Crippen molar-refractivity contribution in [3.05, 3.63) is 38.4 Å². The standard InChI is InChI=1S/C11H12FN3O2/c1-3-4-15-9-6(2)5-7(12)13-8(9)10(16)14-11(15)17/h5H,3-4H2,1-2H3,(H,14,16,17). The van der Waals surface area contributed by atoms with Crippen molar-refractivity contribution < 1.29 is 4.39 Å².